The molecule has 5 amide bonds. The molecule has 0 aliphatic rings. The number of hydrogen-bond donors (Lipinski definition) is 13. The number of carbonyl (C=O) groups is 9. The standard InChI is InChI=1S/C42H74N8O10S.3C2HF3O2/c1-7-28(6)36(41(55)48-30(42(56)57)22-26(2)3)50-40(54)35(27(4)5)49-39(53)31(25-61)47-34(51)14-9-8-10-18-46-38(52)29-23-32(58-19-11-15-43)37(60-21-13-17-45)33(24-29)59-20-12-16-44;3*3-2(4,5)1(6)7/h23-24,26-28,30-31,35-36,61H,7-22,25,43-45H2,1-6H3,(H,46,52)(H,47,51)(H,48,55)(H,49,53)(H,50,54)(H,56,57);3*(H,6,7)/t28-,30-,31-,35-,36-;;;/m0.../s1. The third-order valence-electron chi connectivity index (χ3n) is 10.4. The van der Waals surface area contributed by atoms with Gasteiger partial charge in [-0.05, 0) is 88.0 Å². The molecule has 15 N–H and O–H groups in total. The first-order chi connectivity index (χ1) is 37.9. The minimum Gasteiger partial charge on any atom is -0.489 e. The molecule has 1 rings (SSSR count). The molecule has 0 unspecified atom stereocenters. The highest BCUT2D eigenvalue weighted by molar-refractivity contribution is 7.80. The topological polar surface area (TPSA) is 400 Å². The van der Waals surface area contributed by atoms with Gasteiger partial charge in [0.05, 0.1) is 19.8 Å². The Hall–Kier alpha value is -6.55. The Bertz CT molecular complexity index is 2060. The van der Waals surface area contributed by atoms with Gasteiger partial charge in [0.2, 0.25) is 29.4 Å². The number of carbonyl (C=O) groups excluding carboxylic acids is 5. The molecule has 0 bridgehead atoms. The molecule has 24 nitrogen and oxygen atoms in total. The lowest BCUT2D eigenvalue weighted by atomic mass is 9.95. The molecule has 0 fully saturated rings. The Morgan fingerprint density at radius 3 is 1.35 bits per heavy atom. The lowest BCUT2D eigenvalue weighted by Crippen LogP contribution is -2.60. The maximum Gasteiger partial charge on any atom is 0.490 e. The van der Waals surface area contributed by atoms with E-state index in [1.165, 1.54) is 0 Å². The van der Waals surface area contributed by atoms with Crippen LogP contribution in [-0.2, 0) is 38.4 Å². The molecule has 0 aliphatic heterocycles. The molecule has 0 heterocycles. The molecule has 34 heteroatoms. The fourth-order valence-electron chi connectivity index (χ4n) is 5.89. The summed E-state index contributed by atoms with van der Waals surface area (Å²) in [4.78, 5) is 105. The van der Waals surface area contributed by atoms with E-state index in [0.717, 1.165) is 0 Å². The first-order valence-corrected chi connectivity index (χ1v) is 25.9. The summed E-state index contributed by atoms with van der Waals surface area (Å²) >= 11 is 4.26. The quantitative estimate of drug-likeness (QED) is 0.0271. The molecule has 0 radical (unpaired) electrons. The van der Waals surface area contributed by atoms with Gasteiger partial charge in [-0.2, -0.15) is 52.1 Å². The summed E-state index contributed by atoms with van der Waals surface area (Å²) in [5.74, 6) is -11.7. The second kappa shape index (κ2) is 41.4. The van der Waals surface area contributed by atoms with Crippen molar-refractivity contribution in [2.75, 3.05) is 51.8 Å². The zero-order valence-electron chi connectivity index (χ0n) is 46.0. The van der Waals surface area contributed by atoms with Gasteiger partial charge < -0.3 is 78.4 Å². The van der Waals surface area contributed by atoms with Gasteiger partial charge in [0.25, 0.3) is 5.91 Å². The van der Waals surface area contributed by atoms with Gasteiger partial charge in [0.15, 0.2) is 11.5 Å². The van der Waals surface area contributed by atoms with Crippen molar-refractivity contribution in [3.63, 3.8) is 0 Å². The van der Waals surface area contributed by atoms with Crippen LogP contribution in [0.5, 0.6) is 17.2 Å². The van der Waals surface area contributed by atoms with Gasteiger partial charge in [-0.25, -0.2) is 19.2 Å². The number of halogens is 9. The summed E-state index contributed by atoms with van der Waals surface area (Å²) in [5, 5.41) is 44.6. The number of aliphatic carboxylic acids is 4. The largest absolute Gasteiger partial charge is 0.490 e. The summed E-state index contributed by atoms with van der Waals surface area (Å²) in [6.07, 6.45) is -10.9. The van der Waals surface area contributed by atoms with Crippen LogP contribution >= 0.6 is 12.6 Å². The van der Waals surface area contributed by atoms with E-state index in [4.69, 9.17) is 61.1 Å². The number of nitrogens with one attached hydrogen (secondary N) is 5. The molecule has 0 aromatic heterocycles. The molecule has 82 heavy (non-hydrogen) atoms. The van der Waals surface area contributed by atoms with Crippen molar-refractivity contribution in [3.05, 3.63) is 17.7 Å². The van der Waals surface area contributed by atoms with E-state index in [1.54, 1.807) is 32.9 Å². The monoisotopic (exact) mass is 1220 g/mol. The van der Waals surface area contributed by atoms with Crippen LogP contribution in [0.2, 0.25) is 0 Å². The number of benzene rings is 1. The van der Waals surface area contributed by atoms with Gasteiger partial charge >= 0.3 is 42.4 Å². The number of alkyl halides is 9. The van der Waals surface area contributed by atoms with Gasteiger partial charge in [-0.3, -0.25) is 24.0 Å². The van der Waals surface area contributed by atoms with Crippen LogP contribution in [0.25, 0.3) is 0 Å². The van der Waals surface area contributed by atoms with Crippen molar-refractivity contribution >= 4 is 66.0 Å². The normalized spacial score (nSPS) is 13.0. The van der Waals surface area contributed by atoms with E-state index >= 15 is 0 Å². The highest BCUT2D eigenvalue weighted by Gasteiger charge is 2.40. The molecule has 0 spiro atoms. The van der Waals surface area contributed by atoms with E-state index in [2.05, 4.69) is 39.2 Å². The second-order valence-corrected chi connectivity index (χ2v) is 18.5. The molecule has 1 aromatic carbocycles. The fourth-order valence-corrected chi connectivity index (χ4v) is 6.15. The van der Waals surface area contributed by atoms with Gasteiger partial charge in [0, 0.05) is 24.3 Å². The zero-order valence-corrected chi connectivity index (χ0v) is 46.9. The Labute approximate surface area is 472 Å². The third-order valence-corrected chi connectivity index (χ3v) is 10.7. The number of carboxylic acid groups (broad SMARTS) is 4. The highest BCUT2D eigenvalue weighted by Crippen LogP contribution is 2.39. The molecule has 0 saturated heterocycles. The van der Waals surface area contributed by atoms with Crippen LogP contribution in [0.4, 0.5) is 39.5 Å². The van der Waals surface area contributed by atoms with Crippen LogP contribution in [0, 0.1) is 17.8 Å². The highest BCUT2D eigenvalue weighted by atomic mass is 32.1. The molecular formula is C48H77F9N8O16S. The van der Waals surface area contributed by atoms with Crippen molar-refractivity contribution in [3.8, 4) is 17.2 Å². The SMILES string of the molecule is CC[C@H](C)[C@H](NC(=O)[C@@H](NC(=O)[C@H](CS)NC(=O)CCCCCNC(=O)c1cc(OCCCN)c(OCCCN)c(OCCCN)c1)C(C)C)C(=O)N[C@@H](CC(C)C)C(=O)O.O=C(O)C(F)(F)F.O=C(O)C(F)(F)F.O=C(O)C(F)(F)F. The van der Waals surface area contributed by atoms with Gasteiger partial charge in [-0.1, -0.05) is 54.4 Å². The summed E-state index contributed by atoms with van der Waals surface area (Å²) in [7, 11) is 0. The second-order valence-electron chi connectivity index (χ2n) is 18.2. The van der Waals surface area contributed by atoms with Crippen LogP contribution in [0.1, 0.15) is 110 Å². The van der Waals surface area contributed by atoms with E-state index < -0.39 is 90.2 Å². The molecule has 474 valence electrons. The number of ether oxygens (including phenoxy) is 3. The Morgan fingerprint density at radius 1 is 0.573 bits per heavy atom. The van der Waals surface area contributed by atoms with E-state index in [9.17, 15) is 73.4 Å². The fraction of sp³-hybridized carbons (Fsp3) is 0.688. The number of nitrogens with two attached hydrogens (primary N) is 3. The first kappa shape index (κ1) is 79.7. The Kier molecular flexibility index (Phi) is 40.3. The first-order valence-electron chi connectivity index (χ1n) is 25.3. The lowest BCUT2D eigenvalue weighted by molar-refractivity contribution is -0.193. The van der Waals surface area contributed by atoms with Crippen LogP contribution < -0.4 is 58.0 Å². The number of amides is 5. The predicted octanol–water partition coefficient (Wildman–Crippen LogP) is 3.76. The summed E-state index contributed by atoms with van der Waals surface area (Å²) in [6, 6.07) is -1.08. The van der Waals surface area contributed by atoms with Crippen LogP contribution in [0.15, 0.2) is 12.1 Å². The number of thiol groups is 1. The number of unbranched alkanes of at least 4 members (excludes halogenated alkanes) is 2. The van der Waals surface area contributed by atoms with Crippen molar-refractivity contribution in [1.29, 1.82) is 0 Å². The third kappa shape index (κ3) is 36.0. The van der Waals surface area contributed by atoms with Crippen LogP contribution in [0.3, 0.4) is 0 Å². The maximum absolute atomic E-state index is 13.5. The average molecular weight is 1230 g/mol. The lowest BCUT2D eigenvalue weighted by Gasteiger charge is -2.30. The predicted molar refractivity (Wildman–Crippen MR) is 279 cm³/mol. The minimum atomic E-state index is -5.08. The van der Waals surface area contributed by atoms with Crippen molar-refractivity contribution in [1.82, 2.24) is 26.6 Å². The smallest absolute Gasteiger partial charge is 0.489 e. The average Bonchev–Trinajstić information content (AvgIpc) is 3.36. The maximum atomic E-state index is 13.5. The van der Waals surface area contributed by atoms with Crippen molar-refractivity contribution in [2.45, 2.75) is 142 Å². The molecular weight excluding hydrogens is 1150 g/mol. The number of rotatable bonds is 33. The molecule has 5 atom stereocenters. The number of hydrogen-bond acceptors (Lipinski definition) is 16. The minimum absolute atomic E-state index is 0.00639. The van der Waals surface area contributed by atoms with Crippen molar-refractivity contribution < 1.29 is 117 Å². The summed E-state index contributed by atoms with van der Waals surface area (Å²) < 4.78 is 113. The van der Waals surface area contributed by atoms with E-state index in [-0.39, 0.29) is 42.2 Å². The Balaban J connectivity index is -0.00000248. The van der Waals surface area contributed by atoms with Crippen molar-refractivity contribution in [2.24, 2.45) is 35.0 Å². The van der Waals surface area contributed by atoms with E-state index in [1.807, 2.05) is 20.8 Å². The van der Waals surface area contributed by atoms with Crippen LogP contribution in [-0.4, -0.2) is 168 Å². The molecule has 0 aliphatic carbocycles. The van der Waals surface area contributed by atoms with E-state index in [0.29, 0.717) is 114 Å². The van der Waals surface area contributed by atoms with Gasteiger partial charge in [-0.15, -0.1) is 0 Å². The Morgan fingerprint density at radius 2 is 0.988 bits per heavy atom. The summed E-state index contributed by atoms with van der Waals surface area (Å²) in [5.41, 5.74) is 17.3. The molecule has 1 aromatic rings. The summed E-state index contributed by atoms with van der Waals surface area (Å²) in [6.45, 7) is 13.4. The molecule has 0 saturated carbocycles. The van der Waals surface area contributed by atoms with Gasteiger partial charge in [0.1, 0.15) is 24.2 Å². The number of carboxylic acids is 4. The zero-order chi connectivity index (χ0) is 64.1.